The second-order valence-corrected chi connectivity index (χ2v) is 6.64. The van der Waals surface area contributed by atoms with Crippen molar-refractivity contribution in [3.8, 4) is 5.75 Å². The third-order valence-electron chi connectivity index (χ3n) is 4.73. The van der Waals surface area contributed by atoms with Gasteiger partial charge in [-0.15, -0.1) is 0 Å². The van der Waals surface area contributed by atoms with Gasteiger partial charge in [-0.3, -0.25) is 4.79 Å². The molecule has 6 heteroatoms. The van der Waals surface area contributed by atoms with Gasteiger partial charge in [-0.05, 0) is 44.4 Å². The SMILES string of the molecule is COC1(COc2cccc(C)c2)CCCN(C(=O)c2conc2C)C1. The van der Waals surface area contributed by atoms with E-state index in [-0.39, 0.29) is 5.91 Å². The molecule has 0 bridgehead atoms. The molecule has 3 rings (SSSR count). The summed E-state index contributed by atoms with van der Waals surface area (Å²) in [4.78, 5) is 14.5. The quantitative estimate of drug-likeness (QED) is 0.834. The lowest BCUT2D eigenvalue weighted by Gasteiger charge is -2.41. The van der Waals surface area contributed by atoms with Gasteiger partial charge in [0.25, 0.3) is 5.91 Å². The van der Waals surface area contributed by atoms with Gasteiger partial charge in [-0.1, -0.05) is 17.3 Å². The van der Waals surface area contributed by atoms with E-state index in [4.69, 9.17) is 14.0 Å². The van der Waals surface area contributed by atoms with Crippen LogP contribution in [0, 0.1) is 13.8 Å². The van der Waals surface area contributed by atoms with E-state index in [1.807, 2.05) is 31.2 Å². The zero-order chi connectivity index (χ0) is 17.9. The topological polar surface area (TPSA) is 64.8 Å². The fourth-order valence-corrected chi connectivity index (χ4v) is 3.20. The van der Waals surface area contributed by atoms with Crippen molar-refractivity contribution in [1.29, 1.82) is 0 Å². The molecule has 0 saturated carbocycles. The third kappa shape index (κ3) is 3.85. The summed E-state index contributed by atoms with van der Waals surface area (Å²) in [6, 6.07) is 7.93. The van der Waals surface area contributed by atoms with Gasteiger partial charge in [-0.25, -0.2) is 0 Å². The predicted molar refractivity (Wildman–Crippen MR) is 92.8 cm³/mol. The van der Waals surface area contributed by atoms with Crippen LogP contribution < -0.4 is 4.74 Å². The standard InChI is InChI=1S/C19H24N2O4/c1-14-6-4-7-16(10-14)24-13-19(23-3)8-5-9-21(12-19)18(22)17-11-25-20-15(17)2/h4,6-7,10-11H,5,8-9,12-13H2,1-3H3. The Morgan fingerprint density at radius 2 is 2.24 bits per heavy atom. The van der Waals surface area contributed by atoms with Crippen molar-refractivity contribution in [3.63, 3.8) is 0 Å². The first-order valence-corrected chi connectivity index (χ1v) is 8.48. The van der Waals surface area contributed by atoms with Crippen LogP contribution in [-0.4, -0.2) is 48.4 Å². The minimum atomic E-state index is -0.511. The number of hydrogen-bond donors (Lipinski definition) is 0. The van der Waals surface area contributed by atoms with E-state index >= 15 is 0 Å². The maximum absolute atomic E-state index is 12.7. The first kappa shape index (κ1) is 17.5. The van der Waals surface area contributed by atoms with Crippen molar-refractivity contribution < 1.29 is 18.8 Å². The molecule has 134 valence electrons. The zero-order valence-electron chi connectivity index (χ0n) is 14.9. The van der Waals surface area contributed by atoms with Crippen LogP contribution in [0.2, 0.25) is 0 Å². The maximum atomic E-state index is 12.7. The van der Waals surface area contributed by atoms with Gasteiger partial charge in [0.15, 0.2) is 0 Å². The van der Waals surface area contributed by atoms with Crippen LogP contribution >= 0.6 is 0 Å². The lowest BCUT2D eigenvalue weighted by molar-refractivity contribution is -0.0825. The number of nitrogens with zero attached hydrogens (tertiary/aromatic N) is 2. The van der Waals surface area contributed by atoms with Crippen molar-refractivity contribution in [2.75, 3.05) is 26.8 Å². The Hall–Kier alpha value is -2.34. The lowest BCUT2D eigenvalue weighted by atomic mass is 9.92. The summed E-state index contributed by atoms with van der Waals surface area (Å²) in [5.41, 5.74) is 1.75. The second kappa shape index (κ2) is 7.27. The monoisotopic (exact) mass is 344 g/mol. The van der Waals surface area contributed by atoms with E-state index in [2.05, 4.69) is 5.16 Å². The molecule has 0 N–H and O–H groups in total. The number of carbonyl (C=O) groups excluding carboxylic acids is 1. The number of likely N-dealkylation sites (tertiary alicyclic amines) is 1. The highest BCUT2D eigenvalue weighted by atomic mass is 16.5. The Balaban J connectivity index is 1.70. The summed E-state index contributed by atoms with van der Waals surface area (Å²) in [5.74, 6) is 0.741. The molecule has 0 radical (unpaired) electrons. The van der Waals surface area contributed by atoms with Crippen molar-refractivity contribution in [2.24, 2.45) is 0 Å². The van der Waals surface area contributed by atoms with Crippen molar-refractivity contribution in [1.82, 2.24) is 10.1 Å². The summed E-state index contributed by atoms with van der Waals surface area (Å²) in [7, 11) is 1.68. The van der Waals surface area contributed by atoms with Gasteiger partial charge >= 0.3 is 0 Å². The van der Waals surface area contributed by atoms with E-state index in [1.165, 1.54) is 6.26 Å². The number of benzene rings is 1. The van der Waals surface area contributed by atoms with Crippen LogP contribution in [0.1, 0.15) is 34.5 Å². The van der Waals surface area contributed by atoms with Gasteiger partial charge in [0.05, 0.1) is 12.2 Å². The molecule has 0 spiro atoms. The number of aryl methyl sites for hydroxylation is 2. The Morgan fingerprint density at radius 1 is 1.40 bits per heavy atom. The second-order valence-electron chi connectivity index (χ2n) is 6.64. The molecule has 6 nitrogen and oxygen atoms in total. The van der Waals surface area contributed by atoms with E-state index in [0.717, 1.165) is 24.2 Å². The fraction of sp³-hybridized carbons (Fsp3) is 0.474. The van der Waals surface area contributed by atoms with Crippen LogP contribution in [0.4, 0.5) is 0 Å². The molecular formula is C19H24N2O4. The van der Waals surface area contributed by atoms with Crippen LogP contribution in [0.5, 0.6) is 5.75 Å². The van der Waals surface area contributed by atoms with Gasteiger partial charge in [-0.2, -0.15) is 0 Å². The summed E-state index contributed by atoms with van der Waals surface area (Å²) < 4.78 is 16.7. The average molecular weight is 344 g/mol. The molecule has 1 amide bonds. The van der Waals surface area contributed by atoms with Crippen molar-refractivity contribution in [2.45, 2.75) is 32.3 Å². The molecule has 0 aliphatic carbocycles. The highest BCUT2D eigenvalue weighted by Gasteiger charge is 2.39. The fourth-order valence-electron chi connectivity index (χ4n) is 3.20. The Bertz CT molecular complexity index is 743. The zero-order valence-corrected chi connectivity index (χ0v) is 14.9. The number of aromatic nitrogens is 1. The molecule has 1 atom stereocenters. The molecule has 25 heavy (non-hydrogen) atoms. The average Bonchev–Trinajstić information content (AvgIpc) is 3.05. The molecule has 1 aliphatic rings. The summed E-state index contributed by atoms with van der Waals surface area (Å²) in [6.45, 7) is 5.38. The molecule has 2 heterocycles. The Kier molecular flexibility index (Phi) is 5.08. The Labute approximate surface area is 147 Å². The molecule has 1 aromatic heterocycles. The third-order valence-corrected chi connectivity index (χ3v) is 4.73. The van der Waals surface area contributed by atoms with Gasteiger partial charge < -0.3 is 18.9 Å². The minimum Gasteiger partial charge on any atom is -0.491 e. The van der Waals surface area contributed by atoms with Gasteiger partial charge in [0, 0.05) is 13.7 Å². The van der Waals surface area contributed by atoms with E-state index < -0.39 is 5.60 Å². The predicted octanol–water partition coefficient (Wildman–Crippen LogP) is 2.99. The molecule has 1 fully saturated rings. The minimum absolute atomic E-state index is 0.0737. The number of carbonyl (C=O) groups is 1. The smallest absolute Gasteiger partial charge is 0.259 e. The lowest BCUT2D eigenvalue weighted by Crippen LogP contribution is -2.54. The first-order chi connectivity index (χ1) is 12.0. The van der Waals surface area contributed by atoms with Crippen LogP contribution in [0.3, 0.4) is 0 Å². The normalized spacial score (nSPS) is 20.5. The number of methoxy groups -OCH3 is 1. The number of amides is 1. The van der Waals surface area contributed by atoms with Crippen LogP contribution in [0.25, 0.3) is 0 Å². The van der Waals surface area contributed by atoms with Gasteiger partial charge in [0.1, 0.15) is 29.8 Å². The summed E-state index contributed by atoms with van der Waals surface area (Å²) in [5, 5.41) is 3.79. The van der Waals surface area contributed by atoms with Crippen LogP contribution in [-0.2, 0) is 4.74 Å². The number of hydrogen-bond acceptors (Lipinski definition) is 5. The molecule has 1 saturated heterocycles. The maximum Gasteiger partial charge on any atom is 0.259 e. The van der Waals surface area contributed by atoms with E-state index in [9.17, 15) is 4.79 Å². The number of piperidine rings is 1. The molecule has 1 aliphatic heterocycles. The van der Waals surface area contributed by atoms with Crippen LogP contribution in [0.15, 0.2) is 35.1 Å². The van der Waals surface area contributed by atoms with Crippen molar-refractivity contribution in [3.05, 3.63) is 47.3 Å². The van der Waals surface area contributed by atoms with Crippen molar-refractivity contribution >= 4 is 5.91 Å². The van der Waals surface area contributed by atoms with E-state index in [0.29, 0.717) is 31.0 Å². The number of rotatable bonds is 5. The number of ether oxygens (including phenoxy) is 2. The highest BCUT2D eigenvalue weighted by molar-refractivity contribution is 5.94. The molecule has 2 aromatic rings. The Morgan fingerprint density at radius 3 is 2.92 bits per heavy atom. The van der Waals surface area contributed by atoms with E-state index in [1.54, 1.807) is 18.9 Å². The first-order valence-electron chi connectivity index (χ1n) is 8.48. The largest absolute Gasteiger partial charge is 0.491 e. The van der Waals surface area contributed by atoms with Gasteiger partial charge in [0.2, 0.25) is 0 Å². The molecule has 1 aromatic carbocycles. The molecule has 1 unspecified atom stereocenters. The molecular weight excluding hydrogens is 320 g/mol. The highest BCUT2D eigenvalue weighted by Crippen LogP contribution is 2.27. The summed E-state index contributed by atoms with van der Waals surface area (Å²) >= 11 is 0. The summed E-state index contributed by atoms with van der Waals surface area (Å²) in [6.07, 6.45) is 3.12.